The lowest BCUT2D eigenvalue weighted by atomic mass is 10.2. The molecular weight excluding hydrogens is 515 g/mol. The Bertz CT molecular complexity index is 849. The fourth-order valence-electron chi connectivity index (χ4n) is 2.18. The Morgan fingerprint density at radius 3 is 1.80 bits per heavy atom. The van der Waals surface area contributed by atoms with E-state index in [-0.39, 0.29) is 17.5 Å². The smallest absolute Gasteiger partial charge is 0.250 e. The molecule has 1 heterocycles. The van der Waals surface area contributed by atoms with E-state index in [4.69, 9.17) is 79.1 Å². The molecule has 11 heteroatoms. The maximum absolute atomic E-state index is 5.89. The Morgan fingerprint density at radius 1 is 0.767 bits per heavy atom. The van der Waals surface area contributed by atoms with Gasteiger partial charge in [0.2, 0.25) is 7.59 Å². The van der Waals surface area contributed by atoms with Gasteiger partial charge in [-0.25, -0.2) is 15.0 Å². The van der Waals surface area contributed by atoms with E-state index < -0.39 is 7.59 Å². The minimum absolute atomic E-state index is 0.154. The molecule has 5 nitrogen and oxygen atoms in total. The van der Waals surface area contributed by atoms with Gasteiger partial charge in [0.05, 0.1) is 13.2 Å². The van der Waals surface area contributed by atoms with Crippen molar-refractivity contribution in [2.45, 2.75) is 34.3 Å². The number of nitrogens with zero attached hydrogens (tertiary/aromatic N) is 3. The zero-order valence-corrected chi connectivity index (χ0v) is 20.7. The van der Waals surface area contributed by atoms with E-state index in [9.17, 15) is 0 Å². The van der Waals surface area contributed by atoms with E-state index in [0.717, 1.165) is 18.4 Å². The fourth-order valence-corrected chi connectivity index (χ4v) is 2.68. The van der Waals surface area contributed by atoms with Crippen molar-refractivity contribution in [2.75, 3.05) is 13.2 Å². The zero-order valence-electron chi connectivity index (χ0n) is 16.1. The van der Waals surface area contributed by atoms with E-state index in [1.807, 2.05) is 32.0 Å². The van der Waals surface area contributed by atoms with Crippen LogP contribution >= 0.6 is 69.6 Å². The summed E-state index contributed by atoms with van der Waals surface area (Å²) < 4.78 is 7.72. The molecule has 0 bridgehead atoms. The highest BCUT2D eigenvalue weighted by Gasteiger charge is 2.33. The largest absolute Gasteiger partial charge is 0.490 e. The minimum Gasteiger partial charge on any atom is -0.490 e. The zero-order chi connectivity index (χ0) is 22.4. The molecule has 0 saturated carbocycles. The Kier molecular flexibility index (Phi) is 9.59. The number of rotatable bonds is 8. The number of halogens is 6. The van der Waals surface area contributed by atoms with Gasteiger partial charge < -0.3 is 9.47 Å². The number of ether oxygens (including phenoxy) is 2. The van der Waals surface area contributed by atoms with Gasteiger partial charge in [0.25, 0.3) is 0 Å². The van der Waals surface area contributed by atoms with Crippen molar-refractivity contribution in [3.05, 3.63) is 41.2 Å². The number of hydrogen-bond acceptors (Lipinski definition) is 5. The lowest BCUT2D eigenvalue weighted by Crippen LogP contribution is -2.16. The van der Waals surface area contributed by atoms with Gasteiger partial charge in [0.15, 0.2) is 29.0 Å². The summed E-state index contributed by atoms with van der Waals surface area (Å²) in [4.78, 5) is 12.2. The lowest BCUT2D eigenvalue weighted by Gasteiger charge is -2.14. The molecule has 0 aliphatic heterocycles. The highest BCUT2D eigenvalue weighted by molar-refractivity contribution is 6.67. The van der Waals surface area contributed by atoms with Crippen LogP contribution in [0.1, 0.15) is 49.7 Å². The molecule has 0 spiro atoms. The Morgan fingerprint density at radius 2 is 1.30 bits per heavy atom. The molecule has 30 heavy (non-hydrogen) atoms. The van der Waals surface area contributed by atoms with E-state index >= 15 is 0 Å². The second-order valence-electron chi connectivity index (χ2n) is 6.07. The summed E-state index contributed by atoms with van der Waals surface area (Å²) in [5.41, 5.74) is 0.816. The molecule has 2 aromatic rings. The summed E-state index contributed by atoms with van der Waals surface area (Å²) in [5, 5.41) is 0. The Balaban J connectivity index is 2.38. The van der Waals surface area contributed by atoms with E-state index in [1.54, 1.807) is 12.2 Å². The standard InChI is InChI=1S/C19H19Cl6N3O2/c1-3-9-29-13-7-5-12(11-14(13)30-10-4-2)6-8-15-26-16(18(20,21)22)28-17(27-15)19(23,24)25/h5-8,11H,3-4,9-10H2,1-2H3/b8-6+. The summed E-state index contributed by atoms with van der Waals surface area (Å²) in [7, 11) is 0. The van der Waals surface area contributed by atoms with Crippen LogP contribution < -0.4 is 9.47 Å². The quantitative estimate of drug-likeness (QED) is 0.334. The topological polar surface area (TPSA) is 57.1 Å². The first-order valence-corrected chi connectivity index (χ1v) is 11.3. The summed E-state index contributed by atoms with van der Waals surface area (Å²) >= 11 is 35.4. The first-order chi connectivity index (χ1) is 14.0. The van der Waals surface area contributed by atoms with Crippen molar-refractivity contribution in [1.29, 1.82) is 0 Å². The van der Waals surface area contributed by atoms with Crippen LogP contribution in [0.15, 0.2) is 18.2 Å². The van der Waals surface area contributed by atoms with Crippen molar-refractivity contribution in [1.82, 2.24) is 15.0 Å². The molecular formula is C19H19Cl6N3O2. The third-order valence-corrected chi connectivity index (χ3v) is 4.49. The van der Waals surface area contributed by atoms with E-state index in [0.29, 0.717) is 24.7 Å². The SMILES string of the molecule is CCCOc1ccc(/C=C/c2nc(C(Cl)(Cl)Cl)nc(C(Cl)(Cl)Cl)n2)cc1OCCC. The van der Waals surface area contributed by atoms with Crippen LogP contribution in [0.5, 0.6) is 11.5 Å². The fraction of sp³-hybridized carbons (Fsp3) is 0.421. The molecule has 2 rings (SSSR count). The average molecular weight is 534 g/mol. The first kappa shape index (κ1) is 25.6. The Hall–Kier alpha value is -0.690. The van der Waals surface area contributed by atoms with Crippen molar-refractivity contribution >= 4 is 81.8 Å². The van der Waals surface area contributed by atoms with Crippen LogP contribution in [0.4, 0.5) is 0 Å². The van der Waals surface area contributed by atoms with Crippen molar-refractivity contribution in [3.63, 3.8) is 0 Å². The second kappa shape index (κ2) is 11.3. The van der Waals surface area contributed by atoms with Gasteiger partial charge in [-0.1, -0.05) is 95.6 Å². The molecule has 1 aromatic carbocycles. The molecule has 0 atom stereocenters. The van der Waals surface area contributed by atoms with Crippen LogP contribution in [-0.4, -0.2) is 28.2 Å². The molecule has 0 radical (unpaired) electrons. The predicted octanol–water partition coefficient (Wildman–Crippen LogP) is 7.27. The number of benzene rings is 1. The molecule has 0 N–H and O–H groups in total. The van der Waals surface area contributed by atoms with Gasteiger partial charge in [-0.3, -0.25) is 0 Å². The third-order valence-electron chi connectivity index (χ3n) is 3.48. The predicted molar refractivity (Wildman–Crippen MR) is 125 cm³/mol. The van der Waals surface area contributed by atoms with Crippen molar-refractivity contribution < 1.29 is 9.47 Å². The summed E-state index contributed by atoms with van der Waals surface area (Å²) in [5.74, 6) is 1.18. The van der Waals surface area contributed by atoms with Gasteiger partial charge in [0.1, 0.15) is 0 Å². The molecule has 164 valence electrons. The van der Waals surface area contributed by atoms with Gasteiger partial charge in [-0.2, -0.15) is 0 Å². The van der Waals surface area contributed by atoms with Crippen LogP contribution in [0.2, 0.25) is 0 Å². The van der Waals surface area contributed by atoms with Gasteiger partial charge in [0, 0.05) is 0 Å². The molecule has 1 aromatic heterocycles. The maximum atomic E-state index is 5.89. The monoisotopic (exact) mass is 531 g/mol. The minimum atomic E-state index is -1.91. The van der Waals surface area contributed by atoms with Gasteiger partial charge >= 0.3 is 0 Å². The first-order valence-electron chi connectivity index (χ1n) is 9.02. The third kappa shape index (κ3) is 7.77. The number of alkyl halides is 6. The van der Waals surface area contributed by atoms with Crippen LogP contribution in [-0.2, 0) is 7.59 Å². The Labute approximate surface area is 205 Å². The summed E-state index contributed by atoms with van der Waals surface area (Å²) in [6.07, 6.45) is 5.11. The average Bonchev–Trinajstić information content (AvgIpc) is 2.68. The van der Waals surface area contributed by atoms with E-state index in [1.165, 1.54) is 0 Å². The van der Waals surface area contributed by atoms with E-state index in [2.05, 4.69) is 15.0 Å². The summed E-state index contributed by atoms with van der Waals surface area (Å²) in [6, 6.07) is 5.56. The van der Waals surface area contributed by atoms with Crippen molar-refractivity contribution in [2.24, 2.45) is 0 Å². The second-order valence-corrected chi connectivity index (χ2v) is 10.6. The molecule has 0 amide bonds. The maximum Gasteiger partial charge on any atom is 0.250 e. The lowest BCUT2D eigenvalue weighted by molar-refractivity contribution is 0.268. The van der Waals surface area contributed by atoms with Gasteiger partial charge in [-0.15, -0.1) is 0 Å². The highest BCUT2D eigenvalue weighted by Crippen LogP contribution is 2.40. The van der Waals surface area contributed by atoms with Crippen LogP contribution in [0.25, 0.3) is 12.2 Å². The molecule has 0 unspecified atom stereocenters. The van der Waals surface area contributed by atoms with Crippen molar-refractivity contribution in [3.8, 4) is 11.5 Å². The molecule has 0 aliphatic rings. The van der Waals surface area contributed by atoms with Crippen LogP contribution in [0, 0.1) is 0 Å². The number of aromatic nitrogens is 3. The number of hydrogen-bond donors (Lipinski definition) is 0. The van der Waals surface area contributed by atoms with Gasteiger partial charge in [-0.05, 0) is 36.6 Å². The normalized spacial score (nSPS) is 12.4. The summed E-state index contributed by atoms with van der Waals surface area (Å²) in [6.45, 7) is 5.24. The molecule has 0 fully saturated rings. The molecule has 0 saturated heterocycles. The van der Waals surface area contributed by atoms with Crippen LogP contribution in [0.3, 0.4) is 0 Å². The highest BCUT2D eigenvalue weighted by atomic mass is 35.6. The molecule has 0 aliphatic carbocycles.